The predicted molar refractivity (Wildman–Crippen MR) is 157 cm³/mol. The Labute approximate surface area is 229 Å². The van der Waals surface area contributed by atoms with Gasteiger partial charge in [-0.05, 0) is 73.2 Å². The van der Waals surface area contributed by atoms with Crippen LogP contribution in [0.4, 0.5) is 17.1 Å². The first-order valence-corrected chi connectivity index (χ1v) is 15.7. The van der Waals surface area contributed by atoms with Crippen LogP contribution in [0.1, 0.15) is 24.0 Å². The van der Waals surface area contributed by atoms with Gasteiger partial charge < -0.3 is 5.32 Å². The van der Waals surface area contributed by atoms with Crippen LogP contribution in [0, 0.1) is 13.8 Å². The Morgan fingerprint density at radius 2 is 1.54 bits per heavy atom. The molecule has 10 heteroatoms. The van der Waals surface area contributed by atoms with Crippen LogP contribution < -0.4 is 14.3 Å². The van der Waals surface area contributed by atoms with E-state index in [4.69, 9.17) is 0 Å². The molecule has 8 nitrogen and oxygen atoms in total. The number of nitrogens with zero attached hydrogens (tertiary/aromatic N) is 1. The van der Waals surface area contributed by atoms with Crippen molar-refractivity contribution in [2.45, 2.75) is 31.6 Å². The molecule has 0 saturated carbocycles. The minimum atomic E-state index is -3.85. The Bertz CT molecular complexity index is 1710. The number of anilines is 3. The number of nitrogens with one attached hydrogen (secondary N) is 2. The van der Waals surface area contributed by atoms with Crippen LogP contribution in [0.25, 0.3) is 10.8 Å². The lowest BCUT2D eigenvalue weighted by Gasteiger charge is -2.24. The van der Waals surface area contributed by atoms with Gasteiger partial charge >= 0.3 is 0 Å². The second-order valence-corrected chi connectivity index (χ2v) is 13.0. The molecule has 0 spiro atoms. The van der Waals surface area contributed by atoms with Crippen LogP contribution in [0.15, 0.2) is 89.8 Å². The second kappa shape index (κ2) is 11.5. The molecule has 0 aliphatic rings. The third kappa shape index (κ3) is 6.96. The summed E-state index contributed by atoms with van der Waals surface area (Å²) in [6, 6.07) is 24.4. The summed E-state index contributed by atoms with van der Waals surface area (Å²) in [5.41, 5.74) is 3.31. The third-order valence-electron chi connectivity index (χ3n) is 6.28. The Kier molecular flexibility index (Phi) is 8.27. The molecule has 1 amide bonds. The van der Waals surface area contributed by atoms with Crippen molar-refractivity contribution in [1.82, 2.24) is 0 Å². The van der Waals surface area contributed by atoms with E-state index in [1.165, 1.54) is 28.6 Å². The summed E-state index contributed by atoms with van der Waals surface area (Å²) in [6.07, 6.45) is 1.56. The average Bonchev–Trinajstić information content (AvgIpc) is 2.88. The van der Waals surface area contributed by atoms with Gasteiger partial charge in [0.2, 0.25) is 15.9 Å². The minimum Gasteiger partial charge on any atom is -0.326 e. The topological polar surface area (TPSA) is 113 Å². The van der Waals surface area contributed by atoms with E-state index < -0.39 is 20.0 Å². The molecule has 2 N–H and O–H groups in total. The van der Waals surface area contributed by atoms with Crippen molar-refractivity contribution >= 4 is 53.8 Å². The maximum Gasteiger partial charge on any atom is 0.261 e. The first-order valence-electron chi connectivity index (χ1n) is 12.4. The lowest BCUT2D eigenvalue weighted by molar-refractivity contribution is -0.116. The van der Waals surface area contributed by atoms with Crippen molar-refractivity contribution in [2.24, 2.45) is 0 Å². The van der Waals surface area contributed by atoms with E-state index in [9.17, 15) is 21.6 Å². The summed E-state index contributed by atoms with van der Waals surface area (Å²) < 4.78 is 54.8. The number of hydrogen-bond acceptors (Lipinski definition) is 5. The van der Waals surface area contributed by atoms with Gasteiger partial charge in [0.15, 0.2) is 0 Å². The summed E-state index contributed by atoms with van der Waals surface area (Å²) in [4.78, 5) is 12.6. The summed E-state index contributed by atoms with van der Waals surface area (Å²) in [5.74, 6) is -0.297. The zero-order chi connectivity index (χ0) is 28.2. The Balaban J connectivity index is 1.37. The fourth-order valence-electron chi connectivity index (χ4n) is 4.30. The zero-order valence-electron chi connectivity index (χ0n) is 22.0. The fourth-order valence-corrected chi connectivity index (χ4v) is 6.39. The van der Waals surface area contributed by atoms with Gasteiger partial charge in [-0.25, -0.2) is 16.8 Å². The Morgan fingerprint density at radius 3 is 2.26 bits per heavy atom. The van der Waals surface area contributed by atoms with E-state index in [0.29, 0.717) is 23.5 Å². The van der Waals surface area contributed by atoms with Crippen LogP contribution >= 0.6 is 0 Å². The molecule has 0 unspecified atom stereocenters. The summed E-state index contributed by atoms with van der Waals surface area (Å²) in [7, 11) is -7.37. The minimum absolute atomic E-state index is 0.0609. The van der Waals surface area contributed by atoms with Gasteiger partial charge in [0.1, 0.15) is 0 Å². The number of benzene rings is 4. The monoisotopic (exact) mass is 565 g/mol. The van der Waals surface area contributed by atoms with Crippen molar-refractivity contribution in [3.05, 3.63) is 96.1 Å². The number of rotatable bonds is 10. The first kappa shape index (κ1) is 28.1. The molecule has 0 aromatic heterocycles. The molecule has 0 atom stereocenters. The average molecular weight is 566 g/mol. The first-order chi connectivity index (χ1) is 18.4. The Morgan fingerprint density at radius 1 is 0.846 bits per heavy atom. The van der Waals surface area contributed by atoms with Crippen LogP contribution in [-0.4, -0.2) is 35.5 Å². The number of sulfonamides is 2. The maximum atomic E-state index is 13.0. The molecule has 0 aliphatic carbocycles. The number of hydrogen-bond donors (Lipinski definition) is 2. The van der Waals surface area contributed by atoms with Gasteiger partial charge in [-0.3, -0.25) is 13.8 Å². The number of aryl methyl sites for hydroxylation is 2. The van der Waals surface area contributed by atoms with Gasteiger partial charge in [0, 0.05) is 24.0 Å². The molecule has 4 rings (SSSR count). The van der Waals surface area contributed by atoms with Gasteiger partial charge in [-0.1, -0.05) is 48.5 Å². The molecule has 4 aromatic rings. The van der Waals surface area contributed by atoms with Gasteiger partial charge in [-0.2, -0.15) is 0 Å². The van der Waals surface area contributed by atoms with Crippen molar-refractivity contribution in [1.29, 1.82) is 0 Å². The largest absolute Gasteiger partial charge is 0.326 e. The maximum absolute atomic E-state index is 13.0. The van der Waals surface area contributed by atoms with E-state index in [0.717, 1.165) is 28.2 Å². The van der Waals surface area contributed by atoms with E-state index in [2.05, 4.69) is 10.0 Å². The molecule has 0 saturated heterocycles. The molecule has 0 heterocycles. The molecule has 0 bridgehead atoms. The van der Waals surface area contributed by atoms with E-state index in [1.54, 1.807) is 12.1 Å². The molecule has 0 aliphatic heterocycles. The fraction of sp³-hybridized carbons (Fsp3) is 0.207. The van der Waals surface area contributed by atoms with Crippen molar-refractivity contribution < 1.29 is 21.6 Å². The van der Waals surface area contributed by atoms with E-state index >= 15 is 0 Å². The lowest BCUT2D eigenvalue weighted by atomic mass is 10.1. The third-order valence-corrected chi connectivity index (χ3v) is 8.84. The molecular formula is C29H31N3O5S2. The highest BCUT2D eigenvalue weighted by molar-refractivity contribution is 7.92. The molecule has 204 valence electrons. The number of fused-ring (bicyclic) bond motifs is 1. The zero-order valence-corrected chi connectivity index (χ0v) is 23.6. The van der Waals surface area contributed by atoms with Crippen LogP contribution in [0.5, 0.6) is 0 Å². The smallest absolute Gasteiger partial charge is 0.261 e. The highest BCUT2D eigenvalue weighted by Gasteiger charge is 2.20. The van der Waals surface area contributed by atoms with Gasteiger partial charge in [0.05, 0.1) is 22.5 Å². The normalized spacial score (nSPS) is 11.8. The summed E-state index contributed by atoms with van der Waals surface area (Å²) in [6.45, 7) is 3.90. The lowest BCUT2D eigenvalue weighted by Crippen LogP contribution is -2.32. The SMILES string of the molecule is Cc1ccc(C)c(N(CCCC(=O)Nc2ccc(S(=O)(=O)Nc3cccc4ccccc34)cc2)S(C)(=O)=O)c1. The second-order valence-electron chi connectivity index (χ2n) is 9.43. The molecule has 4 aromatic carbocycles. The number of carbonyl (C=O) groups excluding carboxylic acids is 1. The van der Waals surface area contributed by atoms with Crippen LogP contribution in [0.2, 0.25) is 0 Å². The number of amides is 1. The predicted octanol–water partition coefficient (Wildman–Crippen LogP) is 5.44. The summed E-state index contributed by atoms with van der Waals surface area (Å²) in [5, 5.41) is 4.46. The highest BCUT2D eigenvalue weighted by atomic mass is 32.2. The van der Waals surface area contributed by atoms with Crippen molar-refractivity contribution in [3.63, 3.8) is 0 Å². The van der Waals surface area contributed by atoms with Gasteiger partial charge in [0.25, 0.3) is 10.0 Å². The van der Waals surface area contributed by atoms with Crippen LogP contribution in [-0.2, 0) is 24.8 Å². The number of carbonyl (C=O) groups is 1. The van der Waals surface area contributed by atoms with E-state index in [-0.39, 0.29) is 23.8 Å². The molecule has 0 fully saturated rings. The summed E-state index contributed by atoms with van der Waals surface area (Å²) >= 11 is 0. The van der Waals surface area contributed by atoms with E-state index in [1.807, 2.05) is 62.4 Å². The van der Waals surface area contributed by atoms with Crippen molar-refractivity contribution in [3.8, 4) is 0 Å². The standard InChI is InChI=1S/C29H31N3O5S2/c1-21-13-14-22(2)28(20-21)32(38(3,34)35)19-7-12-29(33)30-24-15-17-25(18-16-24)39(36,37)31-27-11-6-9-23-8-4-5-10-26(23)27/h4-6,8-11,13-18,20,31H,7,12,19H2,1-3H3,(H,30,33). The quantitative estimate of drug-likeness (QED) is 0.266. The Hall–Kier alpha value is -3.89. The molecule has 0 radical (unpaired) electrons. The molecular weight excluding hydrogens is 534 g/mol. The van der Waals surface area contributed by atoms with Crippen LogP contribution in [0.3, 0.4) is 0 Å². The molecule has 39 heavy (non-hydrogen) atoms. The highest BCUT2D eigenvalue weighted by Crippen LogP contribution is 2.27. The van der Waals surface area contributed by atoms with Crippen molar-refractivity contribution in [2.75, 3.05) is 27.1 Å². The van der Waals surface area contributed by atoms with Gasteiger partial charge in [-0.15, -0.1) is 0 Å².